The third kappa shape index (κ3) is 2.54. The molecule has 0 fully saturated rings. The first-order valence-corrected chi connectivity index (χ1v) is 8.17. The van der Waals surface area contributed by atoms with Crippen LogP contribution in [0.4, 0.5) is 0 Å². The maximum Gasteiger partial charge on any atom is 0.220 e. The lowest BCUT2D eigenvalue weighted by molar-refractivity contribution is -0.122. The Balaban J connectivity index is 1.36. The summed E-state index contributed by atoms with van der Waals surface area (Å²) in [6.45, 7) is 0.850. The number of imidazole rings is 1. The number of fused-ring (bicyclic) bond motifs is 2. The van der Waals surface area contributed by atoms with E-state index < -0.39 is 0 Å². The average molecular weight is 295 g/mol. The molecule has 1 N–H and O–H groups in total. The van der Waals surface area contributed by atoms with E-state index in [2.05, 4.69) is 39.1 Å². The van der Waals surface area contributed by atoms with Crippen molar-refractivity contribution in [2.24, 2.45) is 0 Å². The monoisotopic (exact) mass is 295 g/mol. The molecule has 4 rings (SSSR count). The van der Waals surface area contributed by atoms with Crippen LogP contribution in [0.1, 0.15) is 42.1 Å². The number of hydrogen-bond donors (Lipinski definition) is 1. The van der Waals surface area contributed by atoms with Crippen molar-refractivity contribution in [1.29, 1.82) is 0 Å². The van der Waals surface area contributed by atoms with E-state index in [0.29, 0.717) is 12.3 Å². The molecular weight excluding hydrogens is 274 g/mol. The molecule has 1 amide bonds. The minimum atomic E-state index is 0.190. The van der Waals surface area contributed by atoms with Gasteiger partial charge < -0.3 is 9.88 Å². The van der Waals surface area contributed by atoms with Gasteiger partial charge in [-0.2, -0.15) is 0 Å². The summed E-state index contributed by atoms with van der Waals surface area (Å²) >= 11 is 0. The fraction of sp³-hybridized carbons (Fsp3) is 0.444. The summed E-state index contributed by atoms with van der Waals surface area (Å²) in [4.78, 5) is 16.7. The van der Waals surface area contributed by atoms with Gasteiger partial charge in [-0.1, -0.05) is 24.3 Å². The highest BCUT2D eigenvalue weighted by atomic mass is 16.1. The molecule has 0 saturated carbocycles. The molecule has 1 aromatic heterocycles. The lowest BCUT2D eigenvalue weighted by atomic mass is 9.97. The summed E-state index contributed by atoms with van der Waals surface area (Å²) < 4.78 is 2.15. The lowest BCUT2D eigenvalue weighted by Crippen LogP contribution is -2.41. The maximum absolute atomic E-state index is 12.4. The third-order valence-corrected chi connectivity index (χ3v) is 4.99. The number of nitrogens with one attached hydrogen (secondary N) is 1. The largest absolute Gasteiger partial charge is 0.352 e. The zero-order valence-electron chi connectivity index (χ0n) is 12.7. The zero-order chi connectivity index (χ0) is 14.9. The molecule has 0 bridgehead atoms. The Labute approximate surface area is 130 Å². The number of carbonyl (C=O) groups excluding carboxylic acids is 1. The van der Waals surface area contributed by atoms with E-state index in [1.165, 1.54) is 11.1 Å². The molecule has 4 heteroatoms. The first kappa shape index (κ1) is 13.6. The minimum absolute atomic E-state index is 0.190. The van der Waals surface area contributed by atoms with Gasteiger partial charge >= 0.3 is 0 Å². The normalized spacial score (nSPS) is 22.9. The predicted octanol–water partition coefficient (Wildman–Crippen LogP) is 2.43. The molecule has 0 saturated heterocycles. The molecule has 0 spiro atoms. The number of rotatable bonds is 3. The SMILES string of the molecule is O=C(C[C@@H]1CCc2ccccc21)N[C@H]1CCc2nccn2C1. The summed E-state index contributed by atoms with van der Waals surface area (Å²) in [7, 11) is 0. The molecule has 1 aromatic carbocycles. The number of nitrogens with zero attached hydrogens (tertiary/aromatic N) is 2. The van der Waals surface area contributed by atoms with Crippen molar-refractivity contribution in [3.05, 3.63) is 53.6 Å². The van der Waals surface area contributed by atoms with Crippen LogP contribution in [0.15, 0.2) is 36.7 Å². The quantitative estimate of drug-likeness (QED) is 0.945. The Morgan fingerprint density at radius 1 is 1.27 bits per heavy atom. The van der Waals surface area contributed by atoms with E-state index in [0.717, 1.165) is 38.1 Å². The van der Waals surface area contributed by atoms with Crippen molar-refractivity contribution in [2.45, 2.75) is 50.6 Å². The second-order valence-corrected chi connectivity index (χ2v) is 6.44. The number of benzene rings is 1. The van der Waals surface area contributed by atoms with Gasteiger partial charge in [-0.3, -0.25) is 4.79 Å². The van der Waals surface area contributed by atoms with Gasteiger partial charge in [0.05, 0.1) is 0 Å². The molecule has 114 valence electrons. The zero-order valence-corrected chi connectivity index (χ0v) is 12.7. The molecule has 4 nitrogen and oxygen atoms in total. The molecule has 1 aliphatic carbocycles. The molecule has 2 aromatic rings. The van der Waals surface area contributed by atoms with Crippen molar-refractivity contribution >= 4 is 5.91 Å². The highest BCUT2D eigenvalue weighted by Crippen LogP contribution is 2.35. The van der Waals surface area contributed by atoms with E-state index in [4.69, 9.17) is 0 Å². The van der Waals surface area contributed by atoms with E-state index in [-0.39, 0.29) is 11.9 Å². The van der Waals surface area contributed by atoms with Crippen molar-refractivity contribution in [2.75, 3.05) is 0 Å². The summed E-state index contributed by atoms with van der Waals surface area (Å²) in [5.41, 5.74) is 2.79. The van der Waals surface area contributed by atoms with Gasteiger partial charge in [-0.15, -0.1) is 0 Å². The van der Waals surface area contributed by atoms with Crippen LogP contribution in [0.3, 0.4) is 0 Å². The second kappa shape index (κ2) is 5.59. The predicted molar refractivity (Wildman–Crippen MR) is 84.6 cm³/mol. The fourth-order valence-electron chi connectivity index (χ4n) is 3.85. The Hall–Kier alpha value is -2.10. The van der Waals surface area contributed by atoms with Gasteiger partial charge in [0, 0.05) is 37.8 Å². The summed E-state index contributed by atoms with van der Waals surface area (Å²) in [6, 6.07) is 8.78. The van der Waals surface area contributed by atoms with E-state index in [1.807, 2.05) is 12.4 Å². The number of carbonyl (C=O) groups is 1. The van der Waals surface area contributed by atoms with Crippen molar-refractivity contribution in [1.82, 2.24) is 14.9 Å². The van der Waals surface area contributed by atoms with Crippen LogP contribution in [-0.2, 0) is 24.2 Å². The number of aromatic nitrogens is 2. The molecule has 2 aliphatic rings. The average Bonchev–Trinajstić information content (AvgIpc) is 3.14. The van der Waals surface area contributed by atoms with Crippen LogP contribution in [0, 0.1) is 0 Å². The molecule has 2 heterocycles. The van der Waals surface area contributed by atoms with Crippen molar-refractivity contribution in [3.8, 4) is 0 Å². The van der Waals surface area contributed by atoms with Crippen LogP contribution in [0.25, 0.3) is 0 Å². The van der Waals surface area contributed by atoms with E-state index in [1.54, 1.807) is 0 Å². The van der Waals surface area contributed by atoms with Crippen LogP contribution < -0.4 is 5.32 Å². The van der Waals surface area contributed by atoms with E-state index in [9.17, 15) is 4.79 Å². The molecule has 22 heavy (non-hydrogen) atoms. The van der Waals surface area contributed by atoms with E-state index >= 15 is 0 Å². The first-order chi connectivity index (χ1) is 10.8. The Morgan fingerprint density at radius 2 is 2.18 bits per heavy atom. The fourth-order valence-corrected chi connectivity index (χ4v) is 3.85. The molecule has 0 radical (unpaired) electrons. The van der Waals surface area contributed by atoms with Crippen LogP contribution in [0.5, 0.6) is 0 Å². The summed E-state index contributed by atoms with van der Waals surface area (Å²) in [6.07, 6.45) is 8.60. The van der Waals surface area contributed by atoms with Gasteiger partial charge in [0.15, 0.2) is 0 Å². The minimum Gasteiger partial charge on any atom is -0.352 e. The Bertz CT molecular complexity index is 691. The Kier molecular flexibility index (Phi) is 3.45. The molecule has 1 aliphatic heterocycles. The molecule has 2 atom stereocenters. The van der Waals surface area contributed by atoms with Gasteiger partial charge in [-0.25, -0.2) is 4.98 Å². The number of amides is 1. The molecular formula is C18H21N3O. The van der Waals surface area contributed by atoms with Gasteiger partial charge in [-0.05, 0) is 36.3 Å². The standard InChI is InChI=1S/C18H21N3O/c22-18(11-14-6-5-13-3-1-2-4-16(13)14)20-15-7-8-17-19-9-10-21(17)12-15/h1-4,9-10,14-15H,5-8,11-12H2,(H,20,22)/t14-,15-/m0/s1. The van der Waals surface area contributed by atoms with Gasteiger partial charge in [0.2, 0.25) is 5.91 Å². The number of hydrogen-bond acceptors (Lipinski definition) is 2. The summed E-state index contributed by atoms with van der Waals surface area (Å²) in [5, 5.41) is 3.22. The smallest absolute Gasteiger partial charge is 0.220 e. The second-order valence-electron chi connectivity index (χ2n) is 6.44. The summed E-state index contributed by atoms with van der Waals surface area (Å²) in [5.74, 6) is 1.72. The highest BCUT2D eigenvalue weighted by Gasteiger charge is 2.26. The Morgan fingerprint density at radius 3 is 3.14 bits per heavy atom. The van der Waals surface area contributed by atoms with Gasteiger partial charge in [0.25, 0.3) is 0 Å². The molecule has 0 unspecified atom stereocenters. The number of aryl methyl sites for hydroxylation is 2. The van der Waals surface area contributed by atoms with Crippen LogP contribution >= 0.6 is 0 Å². The van der Waals surface area contributed by atoms with Gasteiger partial charge in [0.1, 0.15) is 5.82 Å². The third-order valence-electron chi connectivity index (χ3n) is 4.99. The van der Waals surface area contributed by atoms with Crippen LogP contribution in [-0.4, -0.2) is 21.5 Å². The lowest BCUT2D eigenvalue weighted by Gasteiger charge is -2.25. The van der Waals surface area contributed by atoms with Crippen molar-refractivity contribution < 1.29 is 4.79 Å². The maximum atomic E-state index is 12.4. The topological polar surface area (TPSA) is 46.9 Å². The highest BCUT2D eigenvalue weighted by molar-refractivity contribution is 5.77. The first-order valence-electron chi connectivity index (χ1n) is 8.17. The van der Waals surface area contributed by atoms with Crippen LogP contribution in [0.2, 0.25) is 0 Å². The van der Waals surface area contributed by atoms with Crippen molar-refractivity contribution in [3.63, 3.8) is 0 Å².